The molecule has 1 fully saturated rings. The maximum atomic E-state index is 13.4. The Balaban J connectivity index is 1.64. The highest BCUT2D eigenvalue weighted by atomic mass is 32.2. The Kier molecular flexibility index (Phi) is 6.76. The first-order valence-electron chi connectivity index (χ1n) is 11.1. The summed E-state index contributed by atoms with van der Waals surface area (Å²) >= 11 is 1.38. The lowest BCUT2D eigenvalue weighted by Gasteiger charge is -2.26. The van der Waals surface area contributed by atoms with Gasteiger partial charge in [0.05, 0.1) is 16.7 Å². The van der Waals surface area contributed by atoms with E-state index in [1.807, 2.05) is 66.9 Å². The normalized spacial score (nSPS) is 14.6. The van der Waals surface area contributed by atoms with Gasteiger partial charge < -0.3 is 4.90 Å². The van der Waals surface area contributed by atoms with Crippen molar-refractivity contribution in [2.24, 2.45) is 0 Å². The lowest BCUT2D eigenvalue weighted by atomic mass is 9.95. The fourth-order valence-electron chi connectivity index (χ4n) is 4.39. The van der Waals surface area contributed by atoms with Gasteiger partial charge in [-0.25, -0.2) is 4.98 Å². The van der Waals surface area contributed by atoms with E-state index in [9.17, 15) is 9.59 Å². The molecule has 2 aromatic carbocycles. The summed E-state index contributed by atoms with van der Waals surface area (Å²) in [5.41, 5.74) is 2.74. The SMILES string of the molecule is CCN(C(=O)CSc1nc2ccccc2c(=O)n1C1CCCCC1)c1cccc(C)c1. The van der Waals surface area contributed by atoms with Crippen molar-refractivity contribution < 1.29 is 4.79 Å². The highest BCUT2D eigenvalue weighted by Gasteiger charge is 2.23. The number of aromatic nitrogens is 2. The van der Waals surface area contributed by atoms with Crippen molar-refractivity contribution in [3.8, 4) is 0 Å². The number of amides is 1. The Morgan fingerprint density at radius 1 is 1.13 bits per heavy atom. The zero-order valence-corrected chi connectivity index (χ0v) is 19.0. The number of para-hydroxylation sites is 1. The summed E-state index contributed by atoms with van der Waals surface area (Å²) in [6.45, 7) is 4.61. The molecule has 1 amide bonds. The first kappa shape index (κ1) is 21.6. The second-order valence-electron chi connectivity index (χ2n) is 8.14. The van der Waals surface area contributed by atoms with Crippen LogP contribution in [0.5, 0.6) is 0 Å². The van der Waals surface area contributed by atoms with Gasteiger partial charge in [0.25, 0.3) is 5.56 Å². The smallest absolute Gasteiger partial charge is 0.262 e. The lowest BCUT2D eigenvalue weighted by molar-refractivity contribution is -0.116. The monoisotopic (exact) mass is 435 g/mol. The minimum atomic E-state index is 0.0125. The molecule has 4 rings (SSSR count). The molecular weight excluding hydrogens is 406 g/mol. The molecule has 0 N–H and O–H groups in total. The molecule has 1 saturated carbocycles. The number of thioether (sulfide) groups is 1. The van der Waals surface area contributed by atoms with Gasteiger partial charge in [0.15, 0.2) is 5.16 Å². The van der Waals surface area contributed by atoms with Crippen LogP contribution in [0, 0.1) is 6.92 Å². The Bertz CT molecular complexity index is 1140. The predicted octanol–water partition coefficient (Wildman–Crippen LogP) is 5.36. The van der Waals surface area contributed by atoms with Crippen molar-refractivity contribution in [3.05, 3.63) is 64.4 Å². The largest absolute Gasteiger partial charge is 0.312 e. The van der Waals surface area contributed by atoms with Crippen molar-refractivity contribution >= 4 is 34.3 Å². The third-order valence-electron chi connectivity index (χ3n) is 5.97. The quantitative estimate of drug-likeness (QED) is 0.387. The average molecular weight is 436 g/mol. The van der Waals surface area contributed by atoms with E-state index in [-0.39, 0.29) is 23.3 Å². The lowest BCUT2D eigenvalue weighted by Crippen LogP contribution is -2.33. The molecule has 0 atom stereocenters. The van der Waals surface area contributed by atoms with E-state index < -0.39 is 0 Å². The number of rotatable bonds is 6. The Morgan fingerprint density at radius 2 is 1.90 bits per heavy atom. The fraction of sp³-hybridized carbons (Fsp3) is 0.400. The van der Waals surface area contributed by atoms with Crippen molar-refractivity contribution in [2.75, 3.05) is 17.2 Å². The standard InChI is InChI=1S/C25H29N3O2S/c1-3-27(20-13-9-10-18(2)16-20)23(29)17-31-25-26-22-15-8-7-14-21(22)24(30)28(25)19-11-5-4-6-12-19/h7-10,13-16,19H,3-6,11-12,17H2,1-2H3. The summed E-state index contributed by atoms with van der Waals surface area (Å²) in [6.07, 6.45) is 5.46. The number of carbonyl (C=O) groups excluding carboxylic acids is 1. The van der Waals surface area contributed by atoms with Crippen molar-refractivity contribution in [1.82, 2.24) is 9.55 Å². The minimum Gasteiger partial charge on any atom is -0.312 e. The molecule has 162 valence electrons. The van der Waals surface area contributed by atoms with Crippen LogP contribution in [0.4, 0.5) is 5.69 Å². The zero-order chi connectivity index (χ0) is 21.8. The second kappa shape index (κ2) is 9.69. The number of nitrogens with zero attached hydrogens (tertiary/aromatic N) is 3. The van der Waals surface area contributed by atoms with E-state index in [0.29, 0.717) is 22.6 Å². The van der Waals surface area contributed by atoms with Gasteiger partial charge in [0.2, 0.25) is 5.91 Å². The predicted molar refractivity (Wildman–Crippen MR) is 128 cm³/mol. The van der Waals surface area contributed by atoms with Gasteiger partial charge in [-0.1, -0.05) is 55.3 Å². The molecule has 1 aliphatic rings. The van der Waals surface area contributed by atoms with Crippen LogP contribution in [-0.4, -0.2) is 27.8 Å². The van der Waals surface area contributed by atoms with E-state index >= 15 is 0 Å². The molecule has 5 nitrogen and oxygen atoms in total. The van der Waals surface area contributed by atoms with Crippen LogP contribution in [-0.2, 0) is 4.79 Å². The Hall–Kier alpha value is -2.60. The molecule has 1 aliphatic carbocycles. The third kappa shape index (κ3) is 4.69. The van der Waals surface area contributed by atoms with Crippen LogP contribution in [0.25, 0.3) is 10.9 Å². The van der Waals surface area contributed by atoms with Gasteiger partial charge in [-0.2, -0.15) is 0 Å². The molecule has 0 saturated heterocycles. The maximum absolute atomic E-state index is 13.4. The van der Waals surface area contributed by atoms with E-state index in [2.05, 4.69) is 0 Å². The zero-order valence-electron chi connectivity index (χ0n) is 18.2. The molecule has 0 spiro atoms. The number of benzene rings is 2. The molecule has 0 bridgehead atoms. The van der Waals surface area contributed by atoms with E-state index in [0.717, 1.165) is 36.9 Å². The fourth-order valence-corrected chi connectivity index (χ4v) is 5.33. The number of aryl methyl sites for hydroxylation is 1. The first-order chi connectivity index (χ1) is 15.1. The molecule has 6 heteroatoms. The van der Waals surface area contributed by atoms with E-state index in [4.69, 9.17) is 4.98 Å². The molecular formula is C25H29N3O2S. The van der Waals surface area contributed by atoms with Crippen molar-refractivity contribution in [3.63, 3.8) is 0 Å². The number of carbonyl (C=O) groups is 1. The van der Waals surface area contributed by atoms with Crippen molar-refractivity contribution in [1.29, 1.82) is 0 Å². The molecule has 1 heterocycles. The number of anilines is 1. The highest BCUT2D eigenvalue weighted by Crippen LogP contribution is 2.31. The summed E-state index contributed by atoms with van der Waals surface area (Å²) in [5, 5.41) is 1.31. The molecule has 1 aromatic heterocycles. The highest BCUT2D eigenvalue weighted by molar-refractivity contribution is 7.99. The van der Waals surface area contributed by atoms with Crippen LogP contribution in [0.2, 0.25) is 0 Å². The maximum Gasteiger partial charge on any atom is 0.262 e. The third-order valence-corrected chi connectivity index (χ3v) is 6.91. The molecule has 0 aliphatic heterocycles. The van der Waals surface area contributed by atoms with Gasteiger partial charge in [-0.05, 0) is 56.5 Å². The number of fused-ring (bicyclic) bond motifs is 1. The van der Waals surface area contributed by atoms with Crippen LogP contribution >= 0.6 is 11.8 Å². The number of hydrogen-bond acceptors (Lipinski definition) is 4. The van der Waals surface area contributed by atoms with Gasteiger partial charge >= 0.3 is 0 Å². The van der Waals surface area contributed by atoms with Crippen LogP contribution in [0.3, 0.4) is 0 Å². The molecule has 31 heavy (non-hydrogen) atoms. The van der Waals surface area contributed by atoms with E-state index in [1.165, 1.54) is 18.2 Å². The van der Waals surface area contributed by atoms with Crippen LogP contribution < -0.4 is 10.5 Å². The van der Waals surface area contributed by atoms with Gasteiger partial charge in [0, 0.05) is 18.3 Å². The molecule has 0 unspecified atom stereocenters. The minimum absolute atomic E-state index is 0.0125. The van der Waals surface area contributed by atoms with Crippen molar-refractivity contribution in [2.45, 2.75) is 57.1 Å². The Labute approximate surface area is 187 Å². The van der Waals surface area contributed by atoms with Crippen LogP contribution in [0.15, 0.2) is 58.5 Å². The molecule has 3 aromatic rings. The molecule has 0 radical (unpaired) electrons. The summed E-state index contributed by atoms with van der Waals surface area (Å²) in [7, 11) is 0. The second-order valence-corrected chi connectivity index (χ2v) is 9.09. The van der Waals surface area contributed by atoms with E-state index in [1.54, 1.807) is 4.90 Å². The summed E-state index contributed by atoms with van der Waals surface area (Å²) < 4.78 is 1.86. The topological polar surface area (TPSA) is 55.2 Å². The summed E-state index contributed by atoms with van der Waals surface area (Å²) in [4.78, 5) is 33.0. The van der Waals surface area contributed by atoms with Crippen LogP contribution in [0.1, 0.15) is 50.6 Å². The average Bonchev–Trinajstić information content (AvgIpc) is 2.79. The number of hydrogen-bond donors (Lipinski definition) is 0. The van der Waals surface area contributed by atoms with Gasteiger partial charge in [-0.15, -0.1) is 0 Å². The first-order valence-corrected chi connectivity index (χ1v) is 12.1. The summed E-state index contributed by atoms with van der Waals surface area (Å²) in [6, 6.07) is 15.7. The summed E-state index contributed by atoms with van der Waals surface area (Å²) in [5.74, 6) is 0.273. The Morgan fingerprint density at radius 3 is 2.65 bits per heavy atom. The van der Waals surface area contributed by atoms with Gasteiger partial charge in [0.1, 0.15) is 0 Å². The van der Waals surface area contributed by atoms with Gasteiger partial charge in [-0.3, -0.25) is 14.2 Å².